The van der Waals surface area contributed by atoms with E-state index in [-0.39, 0.29) is 0 Å². The lowest BCUT2D eigenvalue weighted by Crippen LogP contribution is -1.91. The van der Waals surface area contributed by atoms with E-state index in [1.54, 1.807) is 0 Å². The van der Waals surface area contributed by atoms with Crippen molar-refractivity contribution in [2.24, 2.45) is 0 Å². The quantitative estimate of drug-likeness (QED) is 0.424. The number of hydrogen-bond donors (Lipinski definition) is 0. The maximum Gasteiger partial charge on any atom is 0.0705 e. The summed E-state index contributed by atoms with van der Waals surface area (Å²) in [6.07, 6.45) is 4.20. The molecule has 4 aromatic rings. The fraction of sp³-hybridized carbons (Fsp3) is 0.208. The molecule has 26 heavy (non-hydrogen) atoms. The van der Waals surface area contributed by atoms with E-state index in [2.05, 4.69) is 92.7 Å². The van der Waals surface area contributed by atoms with Gasteiger partial charge in [0.05, 0.1) is 5.69 Å². The summed E-state index contributed by atoms with van der Waals surface area (Å²) in [6, 6.07) is 15.3. The lowest BCUT2D eigenvalue weighted by Gasteiger charge is -2.09. The first-order chi connectivity index (χ1) is 12.5. The Morgan fingerprint density at radius 2 is 1.50 bits per heavy atom. The zero-order valence-electron chi connectivity index (χ0n) is 16.1. The van der Waals surface area contributed by atoms with Crippen LogP contribution >= 0.6 is 0 Å². The molecule has 0 aliphatic heterocycles. The summed E-state index contributed by atoms with van der Waals surface area (Å²) in [7, 11) is 0. The van der Waals surface area contributed by atoms with Gasteiger partial charge in [-0.15, -0.1) is 0 Å². The van der Waals surface area contributed by atoms with Crippen molar-refractivity contribution in [3.05, 3.63) is 82.8 Å². The van der Waals surface area contributed by atoms with Crippen LogP contribution in [0.1, 0.15) is 27.9 Å². The minimum Gasteiger partial charge on any atom is -0.320 e. The molecule has 4 rings (SSSR count). The van der Waals surface area contributed by atoms with E-state index in [1.165, 1.54) is 44.6 Å². The van der Waals surface area contributed by atoms with Crippen molar-refractivity contribution in [2.45, 2.75) is 34.6 Å². The summed E-state index contributed by atoms with van der Waals surface area (Å²) >= 11 is 0. The Bertz CT molecular complexity index is 1130. The molecule has 3 aromatic heterocycles. The summed E-state index contributed by atoms with van der Waals surface area (Å²) in [5.41, 5.74) is 12.5. The van der Waals surface area contributed by atoms with Gasteiger partial charge in [0.1, 0.15) is 0 Å². The number of nitrogens with zero attached hydrogens (tertiary/aromatic N) is 2. The predicted molar refractivity (Wildman–Crippen MR) is 110 cm³/mol. The summed E-state index contributed by atoms with van der Waals surface area (Å²) in [5.74, 6) is 0. The highest BCUT2D eigenvalue weighted by atomic mass is 14.9. The molecule has 0 N–H and O–H groups in total. The van der Waals surface area contributed by atoms with Crippen LogP contribution < -0.4 is 0 Å². The van der Waals surface area contributed by atoms with Crippen LogP contribution in [0.15, 0.2) is 54.9 Å². The van der Waals surface area contributed by atoms with E-state index in [4.69, 9.17) is 0 Å². The molecule has 130 valence electrons. The Morgan fingerprint density at radius 1 is 0.731 bits per heavy atom. The lowest BCUT2D eigenvalue weighted by molar-refractivity contribution is 1.10. The zero-order chi connectivity index (χ0) is 18.4. The third-order valence-electron chi connectivity index (χ3n) is 5.66. The normalized spacial score (nSPS) is 11.3. The highest BCUT2D eigenvalue weighted by molar-refractivity contribution is 5.73. The van der Waals surface area contributed by atoms with Gasteiger partial charge in [-0.05, 0) is 86.2 Å². The molecule has 0 fully saturated rings. The minimum absolute atomic E-state index is 1.03. The van der Waals surface area contributed by atoms with E-state index in [0.717, 1.165) is 11.3 Å². The average molecular weight is 340 g/mol. The van der Waals surface area contributed by atoms with Gasteiger partial charge in [-0.3, -0.25) is 4.98 Å². The third-order valence-corrected chi connectivity index (χ3v) is 5.66. The second kappa shape index (κ2) is 6.14. The van der Waals surface area contributed by atoms with Crippen LogP contribution in [0.4, 0.5) is 0 Å². The van der Waals surface area contributed by atoms with Gasteiger partial charge in [-0.25, -0.2) is 0 Å². The highest BCUT2D eigenvalue weighted by Gasteiger charge is 2.10. The maximum absolute atomic E-state index is 4.62. The second-order valence-corrected chi connectivity index (χ2v) is 7.24. The van der Waals surface area contributed by atoms with Crippen LogP contribution in [0.3, 0.4) is 0 Å². The average Bonchev–Trinajstić information content (AvgIpc) is 2.88. The van der Waals surface area contributed by atoms with Gasteiger partial charge >= 0.3 is 0 Å². The van der Waals surface area contributed by atoms with E-state index in [0.29, 0.717) is 0 Å². The number of pyridine rings is 2. The molecule has 1 aromatic carbocycles. The molecule has 0 spiro atoms. The van der Waals surface area contributed by atoms with Crippen LogP contribution in [0, 0.1) is 34.6 Å². The zero-order valence-corrected chi connectivity index (χ0v) is 16.1. The first-order valence-electron chi connectivity index (χ1n) is 9.07. The van der Waals surface area contributed by atoms with E-state index < -0.39 is 0 Å². The molecule has 0 saturated carbocycles. The summed E-state index contributed by atoms with van der Waals surface area (Å²) in [6.45, 7) is 10.8. The van der Waals surface area contributed by atoms with E-state index in [9.17, 15) is 0 Å². The molecule has 0 atom stereocenters. The highest BCUT2D eigenvalue weighted by Crippen LogP contribution is 2.29. The van der Waals surface area contributed by atoms with Crippen LogP contribution in [0.5, 0.6) is 0 Å². The molecule has 0 bridgehead atoms. The molecule has 2 heteroatoms. The smallest absolute Gasteiger partial charge is 0.0705 e. The van der Waals surface area contributed by atoms with Gasteiger partial charge in [-0.2, -0.15) is 0 Å². The standard InChI is InChI=1S/C24H24N2/c1-15-11-23(25-13-16(15)2)21-8-6-7-20(12-21)22-9-10-24-18(4)17(3)19(5)26(24)14-22/h6-14H,1-5H3. The van der Waals surface area contributed by atoms with Crippen LogP contribution in [-0.2, 0) is 0 Å². The van der Waals surface area contributed by atoms with Gasteiger partial charge < -0.3 is 4.40 Å². The number of fused-ring (bicyclic) bond motifs is 1. The fourth-order valence-corrected chi connectivity index (χ4v) is 3.54. The predicted octanol–water partition coefficient (Wildman–Crippen LogP) is 6.21. The number of benzene rings is 1. The molecule has 2 nitrogen and oxygen atoms in total. The van der Waals surface area contributed by atoms with Gasteiger partial charge in [0.15, 0.2) is 0 Å². The molecule has 3 heterocycles. The Balaban J connectivity index is 1.82. The molecule has 0 saturated heterocycles. The first-order valence-corrected chi connectivity index (χ1v) is 9.07. The van der Waals surface area contributed by atoms with Crippen molar-refractivity contribution >= 4 is 5.52 Å². The van der Waals surface area contributed by atoms with E-state index in [1.807, 2.05) is 6.20 Å². The van der Waals surface area contributed by atoms with Crippen molar-refractivity contribution in [1.82, 2.24) is 9.38 Å². The number of hydrogen-bond acceptors (Lipinski definition) is 1. The Morgan fingerprint density at radius 3 is 2.27 bits per heavy atom. The van der Waals surface area contributed by atoms with Crippen LogP contribution in [0.25, 0.3) is 27.9 Å². The van der Waals surface area contributed by atoms with Gasteiger partial charge in [0.2, 0.25) is 0 Å². The number of aromatic nitrogens is 2. The fourth-order valence-electron chi connectivity index (χ4n) is 3.54. The molecule has 0 amide bonds. The molecular weight excluding hydrogens is 316 g/mol. The largest absolute Gasteiger partial charge is 0.320 e. The molecule has 0 aliphatic rings. The van der Waals surface area contributed by atoms with Crippen molar-refractivity contribution < 1.29 is 0 Å². The van der Waals surface area contributed by atoms with Crippen molar-refractivity contribution in [1.29, 1.82) is 0 Å². The maximum atomic E-state index is 4.62. The van der Waals surface area contributed by atoms with Gasteiger partial charge in [0, 0.05) is 29.2 Å². The summed E-state index contributed by atoms with van der Waals surface area (Å²) in [5, 5.41) is 0. The SMILES string of the molecule is Cc1cnc(-c2cccc(-c3ccc4c(C)c(C)c(C)n4c3)c2)cc1C. The second-order valence-electron chi connectivity index (χ2n) is 7.24. The number of aryl methyl sites for hydroxylation is 4. The van der Waals surface area contributed by atoms with Gasteiger partial charge in [-0.1, -0.05) is 24.3 Å². The van der Waals surface area contributed by atoms with Crippen molar-refractivity contribution in [3.8, 4) is 22.4 Å². The monoisotopic (exact) mass is 340 g/mol. The third kappa shape index (κ3) is 2.62. The Hall–Kier alpha value is -2.87. The first kappa shape index (κ1) is 16.6. The van der Waals surface area contributed by atoms with Crippen molar-refractivity contribution in [2.75, 3.05) is 0 Å². The summed E-state index contributed by atoms with van der Waals surface area (Å²) < 4.78 is 2.31. The minimum atomic E-state index is 1.03. The lowest BCUT2D eigenvalue weighted by atomic mass is 10.0. The molecule has 0 unspecified atom stereocenters. The Kier molecular flexibility index (Phi) is 3.91. The topological polar surface area (TPSA) is 17.3 Å². The van der Waals surface area contributed by atoms with Crippen LogP contribution in [-0.4, -0.2) is 9.38 Å². The number of rotatable bonds is 2. The van der Waals surface area contributed by atoms with Gasteiger partial charge in [0.25, 0.3) is 0 Å². The molecule has 0 radical (unpaired) electrons. The molecular formula is C24H24N2. The van der Waals surface area contributed by atoms with Crippen LogP contribution in [0.2, 0.25) is 0 Å². The van der Waals surface area contributed by atoms with Crippen molar-refractivity contribution in [3.63, 3.8) is 0 Å². The Labute approximate surface area is 155 Å². The molecule has 0 aliphatic carbocycles. The van der Waals surface area contributed by atoms with E-state index >= 15 is 0 Å². The summed E-state index contributed by atoms with van der Waals surface area (Å²) in [4.78, 5) is 4.62.